The Balaban J connectivity index is 2.34. The van der Waals surface area contributed by atoms with E-state index in [1.54, 1.807) is 0 Å². The number of anilines is 2. The number of nitrogens with zero attached hydrogens (tertiary/aromatic N) is 1. The normalized spacial score (nSPS) is 20.1. The Morgan fingerprint density at radius 3 is 3.00 bits per heavy atom. The van der Waals surface area contributed by atoms with E-state index in [1.807, 2.05) is 6.07 Å². The van der Waals surface area contributed by atoms with Crippen LogP contribution in [-0.4, -0.2) is 12.6 Å². The van der Waals surface area contributed by atoms with E-state index in [-0.39, 0.29) is 0 Å². The number of nitrogen functional groups attached to an aromatic ring is 1. The van der Waals surface area contributed by atoms with E-state index in [0.29, 0.717) is 6.04 Å². The van der Waals surface area contributed by atoms with Crippen LogP contribution in [0.5, 0.6) is 0 Å². The van der Waals surface area contributed by atoms with Crippen molar-refractivity contribution in [1.82, 2.24) is 0 Å². The zero-order chi connectivity index (χ0) is 10.8. The van der Waals surface area contributed by atoms with Crippen LogP contribution in [0.15, 0.2) is 18.2 Å². The molecule has 1 aliphatic heterocycles. The Kier molecular flexibility index (Phi) is 2.85. The molecule has 1 aromatic rings. The predicted molar refractivity (Wildman–Crippen MR) is 66.3 cm³/mol. The average Bonchev–Trinajstić information content (AvgIpc) is 2.22. The Morgan fingerprint density at radius 2 is 2.27 bits per heavy atom. The number of benzene rings is 1. The van der Waals surface area contributed by atoms with Gasteiger partial charge in [-0.25, -0.2) is 0 Å². The van der Waals surface area contributed by atoms with Crippen LogP contribution in [-0.2, 0) is 6.42 Å². The molecule has 2 N–H and O–H groups in total. The van der Waals surface area contributed by atoms with Gasteiger partial charge in [-0.1, -0.05) is 6.92 Å². The minimum atomic E-state index is 0.668. The highest BCUT2D eigenvalue weighted by Crippen LogP contribution is 2.31. The van der Waals surface area contributed by atoms with Crippen molar-refractivity contribution < 1.29 is 0 Å². The molecule has 2 rings (SSSR count). The largest absolute Gasteiger partial charge is 0.399 e. The van der Waals surface area contributed by atoms with Crippen molar-refractivity contribution in [2.75, 3.05) is 17.2 Å². The van der Waals surface area contributed by atoms with Gasteiger partial charge in [-0.05, 0) is 49.9 Å². The third-order valence-electron chi connectivity index (χ3n) is 3.24. The van der Waals surface area contributed by atoms with Gasteiger partial charge in [0.1, 0.15) is 0 Å². The summed E-state index contributed by atoms with van der Waals surface area (Å²) in [7, 11) is 0. The lowest BCUT2D eigenvalue weighted by molar-refractivity contribution is 0.558. The molecule has 0 aliphatic carbocycles. The second kappa shape index (κ2) is 4.13. The van der Waals surface area contributed by atoms with Crippen LogP contribution in [0.4, 0.5) is 11.4 Å². The second-order valence-corrected chi connectivity index (χ2v) is 4.47. The van der Waals surface area contributed by atoms with Gasteiger partial charge in [-0.2, -0.15) is 0 Å². The molecule has 0 bridgehead atoms. The van der Waals surface area contributed by atoms with Gasteiger partial charge in [-0.3, -0.25) is 0 Å². The van der Waals surface area contributed by atoms with Gasteiger partial charge < -0.3 is 10.6 Å². The first kappa shape index (κ1) is 10.3. The number of fused-ring (bicyclic) bond motifs is 1. The lowest BCUT2D eigenvalue weighted by Crippen LogP contribution is -2.37. The van der Waals surface area contributed by atoms with Gasteiger partial charge in [0, 0.05) is 24.0 Å². The number of aryl methyl sites for hydroxylation is 1. The maximum atomic E-state index is 5.82. The topological polar surface area (TPSA) is 29.3 Å². The zero-order valence-corrected chi connectivity index (χ0v) is 9.66. The summed E-state index contributed by atoms with van der Waals surface area (Å²) in [6.07, 6.45) is 3.62. The van der Waals surface area contributed by atoms with Crippen LogP contribution in [0.25, 0.3) is 0 Å². The fourth-order valence-corrected chi connectivity index (χ4v) is 2.43. The SMILES string of the molecule is CCCN1c2ccc(N)cc2CCC1C. The van der Waals surface area contributed by atoms with E-state index < -0.39 is 0 Å². The van der Waals surface area contributed by atoms with Crippen molar-refractivity contribution in [3.8, 4) is 0 Å². The summed E-state index contributed by atoms with van der Waals surface area (Å²) in [5.41, 5.74) is 9.52. The predicted octanol–water partition coefficient (Wildman–Crippen LogP) is 2.82. The third-order valence-corrected chi connectivity index (χ3v) is 3.24. The van der Waals surface area contributed by atoms with E-state index in [1.165, 1.54) is 30.5 Å². The summed E-state index contributed by atoms with van der Waals surface area (Å²) in [6, 6.07) is 6.99. The highest BCUT2D eigenvalue weighted by molar-refractivity contribution is 5.61. The van der Waals surface area contributed by atoms with E-state index >= 15 is 0 Å². The van der Waals surface area contributed by atoms with Gasteiger partial charge >= 0.3 is 0 Å². The monoisotopic (exact) mass is 204 g/mol. The quantitative estimate of drug-likeness (QED) is 0.751. The van der Waals surface area contributed by atoms with Gasteiger partial charge in [0.15, 0.2) is 0 Å². The Morgan fingerprint density at radius 1 is 1.47 bits per heavy atom. The summed E-state index contributed by atoms with van der Waals surface area (Å²) in [4.78, 5) is 2.51. The lowest BCUT2D eigenvalue weighted by atomic mass is 9.96. The number of rotatable bonds is 2. The van der Waals surface area contributed by atoms with Crippen molar-refractivity contribution in [1.29, 1.82) is 0 Å². The van der Waals surface area contributed by atoms with Crippen LogP contribution >= 0.6 is 0 Å². The summed E-state index contributed by atoms with van der Waals surface area (Å²) < 4.78 is 0. The van der Waals surface area contributed by atoms with E-state index in [2.05, 4.69) is 30.9 Å². The molecule has 0 spiro atoms. The van der Waals surface area contributed by atoms with Crippen molar-refractivity contribution in [2.24, 2.45) is 0 Å². The zero-order valence-electron chi connectivity index (χ0n) is 9.66. The van der Waals surface area contributed by atoms with Crippen LogP contribution < -0.4 is 10.6 Å². The van der Waals surface area contributed by atoms with Crippen LogP contribution in [0.3, 0.4) is 0 Å². The van der Waals surface area contributed by atoms with E-state index in [9.17, 15) is 0 Å². The fraction of sp³-hybridized carbons (Fsp3) is 0.538. The third kappa shape index (κ3) is 1.94. The smallest absolute Gasteiger partial charge is 0.0402 e. The Hall–Kier alpha value is -1.18. The molecule has 0 radical (unpaired) electrons. The van der Waals surface area contributed by atoms with Crippen molar-refractivity contribution in [3.05, 3.63) is 23.8 Å². The molecule has 2 nitrogen and oxygen atoms in total. The van der Waals surface area contributed by atoms with Crippen LogP contribution in [0.1, 0.15) is 32.3 Å². The minimum absolute atomic E-state index is 0.668. The van der Waals surface area contributed by atoms with Crippen LogP contribution in [0.2, 0.25) is 0 Å². The first-order chi connectivity index (χ1) is 7.22. The number of hydrogen-bond acceptors (Lipinski definition) is 2. The molecule has 15 heavy (non-hydrogen) atoms. The van der Waals surface area contributed by atoms with Crippen LogP contribution in [0, 0.1) is 0 Å². The molecule has 0 aromatic heterocycles. The maximum absolute atomic E-state index is 5.82. The highest BCUT2D eigenvalue weighted by Gasteiger charge is 2.21. The summed E-state index contributed by atoms with van der Waals surface area (Å²) >= 11 is 0. The molecule has 2 heteroatoms. The molecule has 0 saturated heterocycles. The molecule has 0 fully saturated rings. The number of hydrogen-bond donors (Lipinski definition) is 1. The number of nitrogens with two attached hydrogens (primary N) is 1. The molecular weight excluding hydrogens is 184 g/mol. The molecule has 0 amide bonds. The molecule has 1 atom stereocenters. The second-order valence-electron chi connectivity index (χ2n) is 4.47. The van der Waals surface area contributed by atoms with E-state index in [0.717, 1.165) is 12.2 Å². The first-order valence-electron chi connectivity index (χ1n) is 5.87. The summed E-state index contributed by atoms with van der Waals surface area (Å²) in [5.74, 6) is 0. The van der Waals surface area contributed by atoms with Crippen molar-refractivity contribution in [3.63, 3.8) is 0 Å². The molecule has 1 aromatic carbocycles. The molecular formula is C13H20N2. The Labute approximate surface area is 92.1 Å². The standard InChI is InChI=1S/C13H20N2/c1-3-8-15-10(2)4-5-11-9-12(14)6-7-13(11)15/h6-7,9-10H,3-5,8,14H2,1-2H3. The Bertz CT molecular complexity index is 346. The molecule has 82 valence electrons. The first-order valence-corrected chi connectivity index (χ1v) is 5.87. The molecule has 0 saturated carbocycles. The molecule has 1 heterocycles. The lowest BCUT2D eigenvalue weighted by Gasteiger charge is -2.37. The summed E-state index contributed by atoms with van der Waals surface area (Å²) in [5, 5.41) is 0. The molecule has 1 aliphatic rings. The van der Waals surface area contributed by atoms with Gasteiger partial charge in [0.2, 0.25) is 0 Å². The van der Waals surface area contributed by atoms with Crippen molar-refractivity contribution in [2.45, 2.75) is 39.2 Å². The highest BCUT2D eigenvalue weighted by atomic mass is 15.2. The fourth-order valence-electron chi connectivity index (χ4n) is 2.43. The average molecular weight is 204 g/mol. The molecule has 1 unspecified atom stereocenters. The van der Waals surface area contributed by atoms with Gasteiger partial charge in [0.05, 0.1) is 0 Å². The van der Waals surface area contributed by atoms with Crippen molar-refractivity contribution >= 4 is 11.4 Å². The van der Waals surface area contributed by atoms with E-state index in [4.69, 9.17) is 5.73 Å². The van der Waals surface area contributed by atoms with Gasteiger partial charge in [0.25, 0.3) is 0 Å². The summed E-state index contributed by atoms with van der Waals surface area (Å²) in [6.45, 7) is 5.70. The van der Waals surface area contributed by atoms with Gasteiger partial charge in [-0.15, -0.1) is 0 Å². The maximum Gasteiger partial charge on any atom is 0.0402 e. The minimum Gasteiger partial charge on any atom is -0.399 e.